The van der Waals surface area contributed by atoms with Gasteiger partial charge in [0.2, 0.25) is 5.91 Å². The van der Waals surface area contributed by atoms with E-state index in [1.165, 1.54) is 0 Å². The minimum atomic E-state index is -0.0860. The third-order valence-electron chi connectivity index (χ3n) is 3.94. The molecule has 1 N–H and O–H groups in total. The Bertz CT molecular complexity index is 772. The zero-order chi connectivity index (χ0) is 17.8. The van der Waals surface area contributed by atoms with Gasteiger partial charge in [0.15, 0.2) is 6.61 Å². The molecule has 1 aliphatic heterocycles. The maximum atomic E-state index is 12.2. The normalized spacial score (nSPS) is 13.4. The molecule has 0 aliphatic carbocycles. The predicted octanol–water partition coefficient (Wildman–Crippen LogP) is 3.25. The molecule has 0 atom stereocenters. The van der Waals surface area contributed by atoms with E-state index in [0.29, 0.717) is 30.3 Å². The van der Waals surface area contributed by atoms with E-state index in [9.17, 15) is 9.59 Å². The largest absolute Gasteiger partial charge is 0.481 e. The molecule has 1 aliphatic rings. The fraction of sp³-hybridized carbons (Fsp3) is 0.300. The number of nitrogens with one attached hydrogen (secondary N) is 1. The Hall–Kier alpha value is -2.82. The zero-order valence-electron chi connectivity index (χ0n) is 14.5. The second-order valence-corrected chi connectivity index (χ2v) is 6.58. The van der Waals surface area contributed by atoms with Gasteiger partial charge in [-0.25, -0.2) is 0 Å². The highest BCUT2D eigenvalue weighted by Crippen LogP contribution is 2.35. The van der Waals surface area contributed by atoms with Crippen LogP contribution in [0.1, 0.15) is 19.4 Å². The van der Waals surface area contributed by atoms with Crippen LogP contribution in [-0.2, 0) is 16.0 Å². The standard InChI is InChI=1S/C20H22N2O3/c1-14(2)12-22-17-9-8-16(11-18(17)25-13-20(22)24)21-19(23)10-15-6-4-3-5-7-15/h3-9,11,14H,10,12-13H2,1-2H3,(H,21,23). The van der Waals surface area contributed by atoms with Crippen LogP contribution in [0.25, 0.3) is 0 Å². The summed E-state index contributed by atoms with van der Waals surface area (Å²) in [6.45, 7) is 4.82. The minimum Gasteiger partial charge on any atom is -0.481 e. The van der Waals surface area contributed by atoms with Gasteiger partial charge < -0.3 is 15.0 Å². The van der Waals surface area contributed by atoms with E-state index in [0.717, 1.165) is 11.3 Å². The lowest BCUT2D eigenvalue weighted by Crippen LogP contribution is -2.40. The molecule has 0 bridgehead atoms. The Morgan fingerprint density at radius 3 is 2.68 bits per heavy atom. The van der Waals surface area contributed by atoms with E-state index in [2.05, 4.69) is 19.2 Å². The van der Waals surface area contributed by atoms with Crippen LogP contribution in [0.2, 0.25) is 0 Å². The van der Waals surface area contributed by atoms with Crippen LogP contribution >= 0.6 is 0 Å². The lowest BCUT2D eigenvalue weighted by molar-refractivity contribution is -0.121. The first-order valence-electron chi connectivity index (χ1n) is 8.44. The number of fused-ring (bicyclic) bond motifs is 1. The average Bonchev–Trinajstić information content (AvgIpc) is 2.58. The Morgan fingerprint density at radius 2 is 1.96 bits per heavy atom. The molecule has 0 aromatic heterocycles. The first-order chi connectivity index (χ1) is 12.0. The Kier molecular flexibility index (Phi) is 5.03. The summed E-state index contributed by atoms with van der Waals surface area (Å²) < 4.78 is 5.55. The first-order valence-corrected chi connectivity index (χ1v) is 8.44. The highest BCUT2D eigenvalue weighted by atomic mass is 16.5. The van der Waals surface area contributed by atoms with Gasteiger partial charge in [0, 0.05) is 18.3 Å². The predicted molar refractivity (Wildman–Crippen MR) is 97.9 cm³/mol. The molecule has 0 spiro atoms. The lowest BCUT2D eigenvalue weighted by Gasteiger charge is -2.31. The van der Waals surface area contributed by atoms with Crippen LogP contribution < -0.4 is 15.0 Å². The number of benzene rings is 2. The van der Waals surface area contributed by atoms with E-state index in [1.54, 1.807) is 17.0 Å². The highest BCUT2D eigenvalue weighted by molar-refractivity contribution is 5.99. The molecule has 5 nitrogen and oxygen atoms in total. The number of carbonyl (C=O) groups excluding carboxylic acids is 2. The third-order valence-corrected chi connectivity index (χ3v) is 3.94. The first kappa shape index (κ1) is 17.0. The monoisotopic (exact) mass is 338 g/mol. The second kappa shape index (κ2) is 7.38. The van der Waals surface area contributed by atoms with Gasteiger partial charge in [-0.1, -0.05) is 44.2 Å². The van der Waals surface area contributed by atoms with Crippen LogP contribution in [0.15, 0.2) is 48.5 Å². The maximum Gasteiger partial charge on any atom is 0.265 e. The minimum absolute atomic E-state index is 0.0289. The Labute approximate surface area is 147 Å². The van der Waals surface area contributed by atoms with Gasteiger partial charge in [0.1, 0.15) is 5.75 Å². The summed E-state index contributed by atoms with van der Waals surface area (Å²) in [5, 5.41) is 2.88. The van der Waals surface area contributed by atoms with Gasteiger partial charge in [-0.2, -0.15) is 0 Å². The molecular formula is C20H22N2O3. The summed E-state index contributed by atoms with van der Waals surface area (Å²) in [5.41, 5.74) is 2.38. The number of hydrogen-bond donors (Lipinski definition) is 1. The van der Waals surface area contributed by atoms with Crippen molar-refractivity contribution in [3.63, 3.8) is 0 Å². The Morgan fingerprint density at radius 1 is 1.20 bits per heavy atom. The SMILES string of the molecule is CC(C)CN1C(=O)COc2cc(NC(=O)Cc3ccccc3)ccc21. The molecule has 5 heteroatoms. The molecule has 0 saturated carbocycles. The molecule has 2 amide bonds. The molecular weight excluding hydrogens is 316 g/mol. The average molecular weight is 338 g/mol. The van der Waals surface area contributed by atoms with Gasteiger partial charge in [-0.3, -0.25) is 9.59 Å². The number of rotatable bonds is 5. The van der Waals surface area contributed by atoms with E-state index in [1.807, 2.05) is 36.4 Å². The van der Waals surface area contributed by atoms with Gasteiger partial charge in [0.05, 0.1) is 12.1 Å². The highest BCUT2D eigenvalue weighted by Gasteiger charge is 2.26. The number of hydrogen-bond acceptors (Lipinski definition) is 3. The summed E-state index contributed by atoms with van der Waals surface area (Å²) in [7, 11) is 0. The Balaban J connectivity index is 1.72. The molecule has 130 valence electrons. The summed E-state index contributed by atoms with van der Waals surface area (Å²) in [4.78, 5) is 26.0. The van der Waals surface area contributed by atoms with Crippen molar-refractivity contribution in [1.29, 1.82) is 0 Å². The van der Waals surface area contributed by atoms with E-state index in [4.69, 9.17) is 4.74 Å². The fourth-order valence-electron chi connectivity index (χ4n) is 2.83. The van der Waals surface area contributed by atoms with E-state index >= 15 is 0 Å². The molecule has 1 heterocycles. The van der Waals surface area contributed by atoms with Gasteiger partial charge >= 0.3 is 0 Å². The second-order valence-electron chi connectivity index (χ2n) is 6.58. The number of amides is 2. The fourth-order valence-corrected chi connectivity index (χ4v) is 2.83. The lowest BCUT2D eigenvalue weighted by atomic mass is 10.1. The number of carbonyl (C=O) groups is 2. The third kappa shape index (κ3) is 4.18. The summed E-state index contributed by atoms with van der Waals surface area (Å²) in [5.74, 6) is 0.858. The van der Waals surface area contributed by atoms with E-state index in [-0.39, 0.29) is 18.4 Å². The van der Waals surface area contributed by atoms with Crippen molar-refractivity contribution in [2.45, 2.75) is 20.3 Å². The molecule has 0 radical (unpaired) electrons. The summed E-state index contributed by atoms with van der Waals surface area (Å²) in [6.07, 6.45) is 0.316. The van der Waals surface area contributed by atoms with Gasteiger partial charge in [0.25, 0.3) is 5.91 Å². The molecule has 3 rings (SSSR count). The van der Waals surface area contributed by atoms with Crippen molar-refractivity contribution >= 4 is 23.2 Å². The van der Waals surface area contributed by atoms with Crippen molar-refractivity contribution in [1.82, 2.24) is 0 Å². The molecule has 0 saturated heterocycles. The van der Waals surface area contributed by atoms with Crippen LogP contribution in [-0.4, -0.2) is 25.0 Å². The quantitative estimate of drug-likeness (QED) is 0.910. The van der Waals surface area contributed by atoms with E-state index < -0.39 is 0 Å². The van der Waals surface area contributed by atoms with Crippen LogP contribution in [0.5, 0.6) is 5.75 Å². The van der Waals surface area contributed by atoms with Crippen molar-refractivity contribution in [2.75, 3.05) is 23.4 Å². The molecule has 2 aromatic rings. The number of anilines is 2. The molecule has 0 unspecified atom stereocenters. The van der Waals surface area contributed by atoms with Gasteiger partial charge in [-0.05, 0) is 23.6 Å². The zero-order valence-corrected chi connectivity index (χ0v) is 14.5. The van der Waals surface area contributed by atoms with Crippen molar-refractivity contribution < 1.29 is 14.3 Å². The molecule has 0 fully saturated rings. The summed E-state index contributed by atoms with van der Waals surface area (Å²) >= 11 is 0. The van der Waals surface area contributed by atoms with Crippen molar-refractivity contribution in [2.24, 2.45) is 5.92 Å². The topological polar surface area (TPSA) is 58.6 Å². The molecule has 2 aromatic carbocycles. The summed E-state index contributed by atoms with van der Waals surface area (Å²) in [6, 6.07) is 15.0. The smallest absolute Gasteiger partial charge is 0.265 e. The van der Waals surface area contributed by atoms with Crippen molar-refractivity contribution in [3.05, 3.63) is 54.1 Å². The van der Waals surface area contributed by atoms with Crippen LogP contribution in [0.3, 0.4) is 0 Å². The van der Waals surface area contributed by atoms with Gasteiger partial charge in [-0.15, -0.1) is 0 Å². The van der Waals surface area contributed by atoms with Crippen molar-refractivity contribution in [3.8, 4) is 5.75 Å². The van der Waals surface area contributed by atoms with Crippen LogP contribution in [0, 0.1) is 5.92 Å². The molecule has 25 heavy (non-hydrogen) atoms. The maximum absolute atomic E-state index is 12.2. The number of nitrogens with zero attached hydrogens (tertiary/aromatic N) is 1. The number of ether oxygens (including phenoxy) is 1. The van der Waals surface area contributed by atoms with Crippen LogP contribution in [0.4, 0.5) is 11.4 Å².